The van der Waals surface area contributed by atoms with Crippen LogP contribution in [0.15, 0.2) is 35.9 Å². The second-order valence-corrected chi connectivity index (χ2v) is 6.12. The van der Waals surface area contributed by atoms with Crippen molar-refractivity contribution in [2.45, 2.75) is 18.9 Å². The Morgan fingerprint density at radius 3 is 2.87 bits per heavy atom. The largest absolute Gasteiger partial charge is 0.377 e. The molecule has 0 radical (unpaired) electrons. The van der Waals surface area contributed by atoms with Gasteiger partial charge < -0.3 is 14.5 Å². The monoisotopic (exact) mass is 334 g/mol. The van der Waals surface area contributed by atoms with Gasteiger partial charge in [0.1, 0.15) is 6.04 Å². The molecule has 0 N–H and O–H groups in total. The molecule has 1 saturated heterocycles. The van der Waals surface area contributed by atoms with Crippen LogP contribution in [0.25, 0.3) is 0 Å². The molecule has 0 aromatic heterocycles. The normalized spacial score (nSPS) is 21.3. The summed E-state index contributed by atoms with van der Waals surface area (Å²) >= 11 is 6.18. The standard InChI is InChI=1S/C17H19ClN2O3/c1-19(16(21)12-7-10-23-11-8-12)15-6-9-20(17(15)22)14-5-3-2-4-13(14)18/h2-5,7,15H,6,8-11H2,1H3. The Morgan fingerprint density at radius 1 is 1.39 bits per heavy atom. The van der Waals surface area contributed by atoms with Crippen molar-refractivity contribution in [3.63, 3.8) is 0 Å². The van der Waals surface area contributed by atoms with Crippen LogP contribution in [-0.4, -0.2) is 49.6 Å². The first-order chi connectivity index (χ1) is 11.1. The predicted molar refractivity (Wildman–Crippen MR) is 88.5 cm³/mol. The predicted octanol–water partition coefficient (Wildman–Crippen LogP) is 2.25. The molecular formula is C17H19ClN2O3. The number of para-hydroxylation sites is 1. The molecule has 23 heavy (non-hydrogen) atoms. The van der Waals surface area contributed by atoms with Crippen LogP contribution in [-0.2, 0) is 14.3 Å². The molecule has 1 fully saturated rings. The van der Waals surface area contributed by atoms with Gasteiger partial charge in [-0.2, -0.15) is 0 Å². The first kappa shape index (κ1) is 16.0. The third-order valence-electron chi connectivity index (χ3n) is 4.35. The van der Waals surface area contributed by atoms with E-state index in [4.69, 9.17) is 16.3 Å². The van der Waals surface area contributed by atoms with Crippen molar-refractivity contribution in [2.24, 2.45) is 0 Å². The average Bonchev–Trinajstić information content (AvgIpc) is 2.96. The molecule has 1 unspecified atom stereocenters. The molecule has 2 aliphatic heterocycles. The Kier molecular flexibility index (Phi) is 4.68. The van der Waals surface area contributed by atoms with Gasteiger partial charge in [0, 0.05) is 25.6 Å². The third-order valence-corrected chi connectivity index (χ3v) is 4.67. The molecule has 1 atom stereocenters. The van der Waals surface area contributed by atoms with E-state index in [0.29, 0.717) is 43.3 Å². The van der Waals surface area contributed by atoms with Crippen LogP contribution < -0.4 is 4.90 Å². The highest BCUT2D eigenvalue weighted by atomic mass is 35.5. The number of benzene rings is 1. The molecule has 2 heterocycles. The summed E-state index contributed by atoms with van der Waals surface area (Å²) in [5.41, 5.74) is 1.43. The van der Waals surface area contributed by atoms with Crippen LogP contribution >= 0.6 is 11.6 Å². The lowest BCUT2D eigenvalue weighted by Gasteiger charge is -2.26. The van der Waals surface area contributed by atoms with Crippen LogP contribution in [0.3, 0.4) is 0 Å². The van der Waals surface area contributed by atoms with Crippen LogP contribution in [0.5, 0.6) is 0 Å². The number of carbonyl (C=O) groups excluding carboxylic acids is 2. The quantitative estimate of drug-likeness (QED) is 0.852. The highest BCUT2D eigenvalue weighted by Crippen LogP contribution is 2.30. The second kappa shape index (κ2) is 6.72. The number of rotatable bonds is 3. The molecule has 1 aromatic carbocycles. The Labute approximate surface area is 140 Å². The van der Waals surface area contributed by atoms with Gasteiger partial charge in [0.05, 0.1) is 23.9 Å². The fourth-order valence-electron chi connectivity index (χ4n) is 3.02. The Balaban J connectivity index is 1.75. The van der Waals surface area contributed by atoms with Gasteiger partial charge in [0.15, 0.2) is 0 Å². The van der Waals surface area contributed by atoms with Gasteiger partial charge in [-0.05, 0) is 18.6 Å². The summed E-state index contributed by atoms with van der Waals surface area (Å²) < 4.78 is 5.23. The fourth-order valence-corrected chi connectivity index (χ4v) is 3.26. The molecule has 6 heteroatoms. The molecule has 122 valence electrons. The van der Waals surface area contributed by atoms with Crippen LogP contribution in [0.4, 0.5) is 5.69 Å². The lowest BCUT2D eigenvalue weighted by atomic mass is 10.1. The van der Waals surface area contributed by atoms with Gasteiger partial charge >= 0.3 is 0 Å². The Hall–Kier alpha value is -1.85. The molecular weight excluding hydrogens is 316 g/mol. The maximum atomic E-state index is 12.7. The second-order valence-electron chi connectivity index (χ2n) is 5.72. The van der Waals surface area contributed by atoms with Gasteiger partial charge in [0.2, 0.25) is 11.8 Å². The van der Waals surface area contributed by atoms with Gasteiger partial charge in [-0.15, -0.1) is 0 Å². The highest BCUT2D eigenvalue weighted by molar-refractivity contribution is 6.34. The van der Waals surface area contributed by atoms with Gasteiger partial charge in [-0.3, -0.25) is 9.59 Å². The lowest BCUT2D eigenvalue weighted by Crippen LogP contribution is -2.44. The molecule has 0 bridgehead atoms. The molecule has 5 nitrogen and oxygen atoms in total. The molecule has 2 aliphatic rings. The van der Waals surface area contributed by atoms with Crippen molar-refractivity contribution < 1.29 is 14.3 Å². The first-order valence-electron chi connectivity index (χ1n) is 7.69. The fraction of sp³-hybridized carbons (Fsp3) is 0.412. The smallest absolute Gasteiger partial charge is 0.250 e. The van der Waals surface area contributed by atoms with E-state index in [2.05, 4.69) is 0 Å². The molecule has 0 aliphatic carbocycles. The zero-order valence-corrected chi connectivity index (χ0v) is 13.8. The summed E-state index contributed by atoms with van der Waals surface area (Å²) in [5, 5.41) is 0.544. The summed E-state index contributed by atoms with van der Waals surface area (Å²) in [6.07, 6.45) is 3.00. The minimum absolute atomic E-state index is 0.0818. The minimum atomic E-state index is -0.442. The Morgan fingerprint density at radius 2 is 2.17 bits per heavy atom. The third kappa shape index (κ3) is 3.12. The maximum Gasteiger partial charge on any atom is 0.250 e. The van der Waals surface area contributed by atoms with E-state index < -0.39 is 6.04 Å². The van der Waals surface area contributed by atoms with E-state index in [1.54, 1.807) is 29.0 Å². The Bertz CT molecular complexity index is 659. The number of ether oxygens (including phenoxy) is 1. The summed E-state index contributed by atoms with van der Waals surface area (Å²) in [4.78, 5) is 28.5. The maximum absolute atomic E-state index is 12.7. The van der Waals surface area contributed by atoms with E-state index in [9.17, 15) is 9.59 Å². The van der Waals surface area contributed by atoms with Gasteiger partial charge in [-0.1, -0.05) is 29.8 Å². The molecule has 0 spiro atoms. The zero-order valence-electron chi connectivity index (χ0n) is 13.0. The number of amides is 2. The van der Waals surface area contributed by atoms with Crippen LogP contribution in [0, 0.1) is 0 Å². The van der Waals surface area contributed by atoms with E-state index in [0.717, 1.165) is 5.57 Å². The van der Waals surface area contributed by atoms with Crippen molar-refractivity contribution >= 4 is 29.1 Å². The molecule has 2 amide bonds. The minimum Gasteiger partial charge on any atom is -0.377 e. The van der Waals surface area contributed by atoms with E-state index >= 15 is 0 Å². The number of hydrogen-bond donors (Lipinski definition) is 0. The highest BCUT2D eigenvalue weighted by Gasteiger charge is 2.38. The zero-order chi connectivity index (χ0) is 16.4. The first-order valence-corrected chi connectivity index (χ1v) is 8.07. The number of hydrogen-bond acceptors (Lipinski definition) is 3. The van der Waals surface area contributed by atoms with Crippen LogP contribution in [0.1, 0.15) is 12.8 Å². The summed E-state index contributed by atoms with van der Waals surface area (Å²) in [6.45, 7) is 1.57. The topological polar surface area (TPSA) is 49.9 Å². The average molecular weight is 335 g/mol. The SMILES string of the molecule is CN(C(=O)C1=CCOCC1)C1CCN(c2ccccc2Cl)C1=O. The number of carbonyl (C=O) groups is 2. The van der Waals surface area contributed by atoms with Crippen molar-refractivity contribution in [3.05, 3.63) is 40.9 Å². The van der Waals surface area contributed by atoms with Crippen LogP contribution in [0.2, 0.25) is 5.02 Å². The molecule has 0 saturated carbocycles. The number of anilines is 1. The van der Waals surface area contributed by atoms with E-state index in [-0.39, 0.29) is 11.8 Å². The summed E-state index contributed by atoms with van der Waals surface area (Å²) in [7, 11) is 1.69. The van der Waals surface area contributed by atoms with Crippen molar-refractivity contribution in [2.75, 3.05) is 31.7 Å². The molecule has 3 rings (SSSR count). The van der Waals surface area contributed by atoms with Gasteiger partial charge in [-0.25, -0.2) is 0 Å². The number of nitrogens with zero attached hydrogens (tertiary/aromatic N) is 2. The van der Waals surface area contributed by atoms with Crippen molar-refractivity contribution in [3.8, 4) is 0 Å². The lowest BCUT2D eigenvalue weighted by molar-refractivity contribution is -0.134. The summed E-state index contributed by atoms with van der Waals surface area (Å²) in [5.74, 6) is -0.172. The van der Waals surface area contributed by atoms with E-state index in [1.807, 2.05) is 18.2 Å². The van der Waals surface area contributed by atoms with E-state index in [1.165, 1.54) is 0 Å². The number of halogens is 1. The van der Waals surface area contributed by atoms with Crippen molar-refractivity contribution in [1.29, 1.82) is 0 Å². The molecule has 1 aromatic rings. The summed E-state index contributed by atoms with van der Waals surface area (Å²) in [6, 6.07) is 6.83. The van der Waals surface area contributed by atoms with Gasteiger partial charge in [0.25, 0.3) is 0 Å². The van der Waals surface area contributed by atoms with Crippen molar-refractivity contribution in [1.82, 2.24) is 4.90 Å². The number of likely N-dealkylation sites (N-methyl/N-ethyl adjacent to an activating group) is 1.